The molecule has 0 radical (unpaired) electrons. The number of amides is 1. The van der Waals surface area contributed by atoms with Gasteiger partial charge < -0.3 is 10.2 Å². The molecule has 0 bridgehead atoms. The van der Waals surface area contributed by atoms with Crippen LogP contribution in [0.5, 0.6) is 0 Å². The quantitative estimate of drug-likeness (QED) is 0.482. The average Bonchev–Trinajstić information content (AvgIpc) is 2.70. The van der Waals surface area contributed by atoms with Crippen molar-refractivity contribution in [1.29, 1.82) is 5.26 Å². The van der Waals surface area contributed by atoms with Crippen LogP contribution < -0.4 is 10.2 Å². The predicted octanol–water partition coefficient (Wildman–Crippen LogP) is 4.68. The number of carbonyl (C=O) groups is 1. The molecule has 3 rings (SSSR count). The molecule has 132 valence electrons. The van der Waals surface area contributed by atoms with Crippen molar-refractivity contribution in [3.05, 3.63) is 103 Å². The van der Waals surface area contributed by atoms with Gasteiger partial charge in [0.2, 0.25) is 0 Å². The van der Waals surface area contributed by atoms with Gasteiger partial charge in [-0.2, -0.15) is 5.26 Å². The number of hydrogen-bond donors (Lipinski definition) is 1. The van der Waals surface area contributed by atoms with E-state index >= 15 is 0 Å². The molecule has 1 N–H and O–H groups in total. The van der Waals surface area contributed by atoms with Crippen LogP contribution in [-0.2, 0) is 4.79 Å². The summed E-state index contributed by atoms with van der Waals surface area (Å²) in [4.78, 5) is 14.4. The van der Waals surface area contributed by atoms with Crippen LogP contribution in [0.15, 0.2) is 97.3 Å². The largest absolute Gasteiger partial charge is 0.344 e. The first-order chi connectivity index (χ1) is 13.2. The highest BCUT2D eigenvalue weighted by Gasteiger charge is 2.15. The number of rotatable bonds is 5. The molecule has 0 fully saturated rings. The minimum atomic E-state index is -0.429. The molecule has 4 nitrogen and oxygen atoms in total. The van der Waals surface area contributed by atoms with Gasteiger partial charge >= 0.3 is 0 Å². The summed E-state index contributed by atoms with van der Waals surface area (Å²) in [7, 11) is 0. The molecule has 1 heterocycles. The van der Waals surface area contributed by atoms with Crippen molar-refractivity contribution in [2.45, 2.75) is 0 Å². The highest BCUT2D eigenvalue weighted by Crippen LogP contribution is 2.32. The zero-order valence-electron chi connectivity index (χ0n) is 14.8. The first kappa shape index (κ1) is 18.0. The summed E-state index contributed by atoms with van der Waals surface area (Å²) < 4.78 is 0. The van der Waals surface area contributed by atoms with E-state index in [1.807, 2.05) is 66.9 Å². The predicted molar refractivity (Wildman–Crippen MR) is 110 cm³/mol. The Hall–Kier alpha value is -3.84. The van der Waals surface area contributed by atoms with Crippen LogP contribution in [0.25, 0.3) is 5.57 Å². The van der Waals surface area contributed by atoms with Crippen molar-refractivity contribution >= 4 is 22.9 Å². The Labute approximate surface area is 159 Å². The molecule has 0 spiro atoms. The number of carbonyl (C=O) groups excluding carboxylic acids is 1. The number of nitriles is 1. The van der Waals surface area contributed by atoms with Gasteiger partial charge in [-0.15, -0.1) is 6.58 Å². The molecule has 1 aliphatic heterocycles. The summed E-state index contributed by atoms with van der Waals surface area (Å²) in [6, 6.07) is 19.0. The molecule has 1 amide bonds. The minimum Gasteiger partial charge on any atom is -0.344 e. The Morgan fingerprint density at radius 3 is 2.63 bits per heavy atom. The second kappa shape index (κ2) is 8.50. The number of para-hydroxylation sites is 2. The molecule has 0 unspecified atom stereocenters. The normalized spacial score (nSPS) is 14.4. The third-order valence-corrected chi connectivity index (χ3v) is 4.11. The Morgan fingerprint density at radius 1 is 1.15 bits per heavy atom. The number of allylic oxidation sites excluding steroid dienone is 4. The maximum atomic E-state index is 12.3. The summed E-state index contributed by atoms with van der Waals surface area (Å²) in [5.41, 5.74) is 3.74. The molecule has 0 aliphatic carbocycles. The highest BCUT2D eigenvalue weighted by molar-refractivity contribution is 6.07. The molecule has 4 heteroatoms. The molecular formula is C23H19N3O. The maximum Gasteiger partial charge on any atom is 0.266 e. The van der Waals surface area contributed by atoms with Crippen LogP contribution in [0.1, 0.15) is 5.56 Å². The number of anilines is 2. The lowest BCUT2D eigenvalue weighted by Gasteiger charge is -2.26. The van der Waals surface area contributed by atoms with Gasteiger partial charge in [0.05, 0.1) is 0 Å². The fraction of sp³-hybridized carbons (Fsp3) is 0.0435. The summed E-state index contributed by atoms with van der Waals surface area (Å²) in [5, 5.41) is 12.1. The number of nitrogens with one attached hydrogen (secondary N) is 1. The molecule has 0 saturated heterocycles. The van der Waals surface area contributed by atoms with Crippen molar-refractivity contribution in [2.24, 2.45) is 0 Å². The highest BCUT2D eigenvalue weighted by atomic mass is 16.1. The topological polar surface area (TPSA) is 56.1 Å². The number of benzene rings is 2. The third-order valence-electron chi connectivity index (χ3n) is 4.11. The molecular weight excluding hydrogens is 334 g/mol. The van der Waals surface area contributed by atoms with E-state index in [2.05, 4.69) is 16.8 Å². The fourth-order valence-electron chi connectivity index (χ4n) is 2.81. The number of fused-ring (bicyclic) bond motifs is 1. The molecule has 2 aromatic carbocycles. The van der Waals surface area contributed by atoms with Crippen LogP contribution in [-0.4, -0.2) is 12.5 Å². The van der Waals surface area contributed by atoms with Crippen LogP contribution in [0.4, 0.5) is 11.4 Å². The van der Waals surface area contributed by atoms with E-state index in [1.165, 1.54) is 0 Å². The Morgan fingerprint density at radius 2 is 1.89 bits per heavy atom. The molecule has 0 aromatic heterocycles. The van der Waals surface area contributed by atoms with Gasteiger partial charge in [-0.05, 0) is 35.9 Å². The second-order valence-electron chi connectivity index (χ2n) is 5.91. The van der Waals surface area contributed by atoms with Gasteiger partial charge in [0.15, 0.2) is 0 Å². The van der Waals surface area contributed by atoms with Gasteiger partial charge in [-0.3, -0.25) is 4.79 Å². The zero-order valence-corrected chi connectivity index (χ0v) is 14.8. The van der Waals surface area contributed by atoms with E-state index in [-0.39, 0.29) is 5.57 Å². The second-order valence-corrected chi connectivity index (χ2v) is 5.91. The van der Waals surface area contributed by atoms with Gasteiger partial charge in [-0.1, -0.05) is 48.6 Å². The van der Waals surface area contributed by atoms with Crippen LogP contribution >= 0.6 is 0 Å². The number of nitrogens with zero attached hydrogens (tertiary/aromatic N) is 2. The summed E-state index contributed by atoms with van der Waals surface area (Å²) >= 11 is 0. The van der Waals surface area contributed by atoms with Gasteiger partial charge in [0, 0.05) is 29.7 Å². The van der Waals surface area contributed by atoms with Crippen molar-refractivity contribution in [3.63, 3.8) is 0 Å². The van der Waals surface area contributed by atoms with Gasteiger partial charge in [0.1, 0.15) is 11.6 Å². The Balaban J connectivity index is 1.87. The van der Waals surface area contributed by atoms with Gasteiger partial charge in [-0.25, -0.2) is 0 Å². The van der Waals surface area contributed by atoms with Crippen molar-refractivity contribution in [3.8, 4) is 6.07 Å². The monoisotopic (exact) mass is 353 g/mol. The molecule has 1 aliphatic rings. The lowest BCUT2D eigenvalue weighted by atomic mass is 9.99. The van der Waals surface area contributed by atoms with E-state index in [0.717, 1.165) is 16.8 Å². The Kier molecular flexibility index (Phi) is 5.66. The first-order valence-corrected chi connectivity index (χ1v) is 8.56. The van der Waals surface area contributed by atoms with E-state index in [9.17, 15) is 10.1 Å². The summed E-state index contributed by atoms with van der Waals surface area (Å²) in [6.45, 7) is 4.50. The third kappa shape index (κ3) is 4.23. The van der Waals surface area contributed by atoms with Crippen molar-refractivity contribution in [2.75, 3.05) is 16.8 Å². The fourth-order valence-corrected chi connectivity index (χ4v) is 2.81. The Bertz CT molecular complexity index is 978. The zero-order chi connectivity index (χ0) is 19.1. The molecule has 0 atom stereocenters. The molecule has 2 aromatic rings. The standard InChI is InChI=1S/C23H19N3O/c1-2-15-26-16-14-18(21-10-6-7-11-22(21)26)12-13-19(17-24)23(27)25-20-8-4-3-5-9-20/h2-14,16H,1,15H2,(H,25,27)/b18-12-,19-13+. The molecule has 0 saturated carbocycles. The lowest BCUT2D eigenvalue weighted by molar-refractivity contribution is -0.112. The van der Waals surface area contributed by atoms with Crippen LogP contribution in [0.3, 0.4) is 0 Å². The van der Waals surface area contributed by atoms with Crippen molar-refractivity contribution in [1.82, 2.24) is 0 Å². The first-order valence-electron chi connectivity index (χ1n) is 8.56. The maximum absolute atomic E-state index is 12.3. The number of hydrogen-bond acceptors (Lipinski definition) is 3. The van der Waals surface area contributed by atoms with E-state index in [0.29, 0.717) is 12.2 Å². The van der Waals surface area contributed by atoms with Gasteiger partial charge in [0.25, 0.3) is 5.91 Å². The smallest absolute Gasteiger partial charge is 0.266 e. The minimum absolute atomic E-state index is 0.0470. The summed E-state index contributed by atoms with van der Waals surface area (Å²) in [6.07, 6.45) is 9.13. The van der Waals surface area contributed by atoms with Crippen LogP contribution in [0, 0.1) is 11.3 Å². The van der Waals surface area contributed by atoms with E-state index in [4.69, 9.17) is 0 Å². The van der Waals surface area contributed by atoms with Crippen molar-refractivity contribution < 1.29 is 4.79 Å². The lowest BCUT2D eigenvalue weighted by Crippen LogP contribution is -2.19. The van der Waals surface area contributed by atoms with E-state index in [1.54, 1.807) is 24.3 Å². The SMILES string of the molecule is C=CCN1C=C/C(=C/C=C(\C#N)C(=O)Nc2ccccc2)c2ccccc21. The van der Waals surface area contributed by atoms with Crippen LogP contribution in [0.2, 0.25) is 0 Å². The molecule has 27 heavy (non-hydrogen) atoms. The summed E-state index contributed by atoms with van der Waals surface area (Å²) in [5.74, 6) is -0.429. The average molecular weight is 353 g/mol. The van der Waals surface area contributed by atoms with E-state index < -0.39 is 5.91 Å².